The molecule has 0 saturated carbocycles. The van der Waals surface area contributed by atoms with Crippen molar-refractivity contribution in [2.24, 2.45) is 4.99 Å². The third-order valence-corrected chi connectivity index (χ3v) is 5.06. The van der Waals surface area contributed by atoms with Gasteiger partial charge in [0.25, 0.3) is 0 Å². The first kappa shape index (κ1) is 27.8. The Labute approximate surface area is 203 Å². The van der Waals surface area contributed by atoms with Gasteiger partial charge in [-0.1, -0.05) is 23.7 Å². The maximum absolute atomic E-state index is 12.4. The predicted molar refractivity (Wildman–Crippen MR) is 128 cm³/mol. The zero-order chi connectivity index (χ0) is 22.1. The normalized spacial score (nSPS) is 15.9. The number of carbonyl (C=O) groups is 1. The van der Waals surface area contributed by atoms with E-state index in [1.165, 1.54) is 5.56 Å². The molecule has 1 aliphatic heterocycles. The molecular formula is C20H30ClF3IN5O. The zero-order valence-electron chi connectivity index (χ0n) is 17.7. The van der Waals surface area contributed by atoms with E-state index in [2.05, 4.69) is 20.5 Å². The lowest BCUT2D eigenvalue weighted by atomic mass is 10.0. The van der Waals surface area contributed by atoms with E-state index >= 15 is 0 Å². The van der Waals surface area contributed by atoms with Crippen LogP contribution in [0.1, 0.15) is 25.3 Å². The average Bonchev–Trinajstić information content (AvgIpc) is 2.68. The summed E-state index contributed by atoms with van der Waals surface area (Å²) >= 11 is 5.93. The van der Waals surface area contributed by atoms with Gasteiger partial charge in [-0.15, -0.1) is 24.0 Å². The van der Waals surface area contributed by atoms with Gasteiger partial charge >= 0.3 is 6.18 Å². The van der Waals surface area contributed by atoms with Crippen LogP contribution in [0.3, 0.4) is 0 Å². The van der Waals surface area contributed by atoms with Crippen LogP contribution in [-0.2, 0) is 11.3 Å². The predicted octanol–water partition coefficient (Wildman–Crippen LogP) is 3.50. The monoisotopic (exact) mass is 575 g/mol. The molecule has 0 aromatic heterocycles. The number of likely N-dealkylation sites (tertiary alicyclic amines) is 1. The van der Waals surface area contributed by atoms with E-state index in [1.54, 1.807) is 0 Å². The molecule has 1 heterocycles. The molecule has 0 aliphatic carbocycles. The SMILES string of the molecule is CCNC(=NCC(=O)N(C)CC(F)(F)F)NC1CCN(Cc2ccc(Cl)cc2)CC1.I. The Bertz CT molecular complexity index is 710. The fraction of sp³-hybridized carbons (Fsp3) is 0.600. The van der Waals surface area contributed by atoms with E-state index in [0.717, 1.165) is 44.5 Å². The van der Waals surface area contributed by atoms with Gasteiger partial charge in [0.05, 0.1) is 0 Å². The van der Waals surface area contributed by atoms with Crippen molar-refractivity contribution in [2.75, 3.05) is 39.8 Å². The van der Waals surface area contributed by atoms with Crippen LogP contribution in [0.25, 0.3) is 0 Å². The molecule has 1 aromatic carbocycles. The summed E-state index contributed by atoms with van der Waals surface area (Å²) in [5.74, 6) is -0.232. The topological polar surface area (TPSA) is 60.0 Å². The molecule has 1 saturated heterocycles. The van der Waals surface area contributed by atoms with E-state index in [0.29, 0.717) is 17.4 Å². The van der Waals surface area contributed by atoms with Crippen molar-refractivity contribution >= 4 is 47.4 Å². The standard InChI is InChI=1S/C20H29ClF3N5O.HI/c1-3-25-19(26-12-18(30)28(2)14-20(22,23)24)27-17-8-10-29(11-9-17)13-15-4-6-16(21)7-5-15;/h4-7,17H,3,8-14H2,1-2H3,(H2,25,26,27);1H. The summed E-state index contributed by atoms with van der Waals surface area (Å²) in [5, 5.41) is 7.06. The molecule has 31 heavy (non-hydrogen) atoms. The number of nitrogens with one attached hydrogen (secondary N) is 2. The lowest BCUT2D eigenvalue weighted by Crippen LogP contribution is -2.49. The molecule has 0 atom stereocenters. The molecular weight excluding hydrogens is 546 g/mol. The molecule has 0 unspecified atom stereocenters. The summed E-state index contributed by atoms with van der Waals surface area (Å²) in [6.45, 7) is 3.55. The molecule has 1 aromatic rings. The summed E-state index contributed by atoms with van der Waals surface area (Å²) in [6, 6.07) is 8.01. The minimum atomic E-state index is -4.42. The van der Waals surface area contributed by atoms with Crippen molar-refractivity contribution in [1.82, 2.24) is 20.4 Å². The highest BCUT2D eigenvalue weighted by Crippen LogP contribution is 2.17. The lowest BCUT2D eigenvalue weighted by molar-refractivity contribution is -0.157. The van der Waals surface area contributed by atoms with Crippen LogP contribution in [-0.4, -0.2) is 73.7 Å². The molecule has 1 aliphatic rings. The highest BCUT2D eigenvalue weighted by Gasteiger charge is 2.31. The maximum atomic E-state index is 12.4. The second-order valence-electron chi connectivity index (χ2n) is 7.38. The van der Waals surface area contributed by atoms with Gasteiger partial charge in [-0.3, -0.25) is 9.69 Å². The summed E-state index contributed by atoms with van der Waals surface area (Å²) in [5.41, 5.74) is 1.21. The first-order chi connectivity index (χ1) is 14.2. The second kappa shape index (κ2) is 13.3. The number of hydrogen-bond donors (Lipinski definition) is 2. The number of alkyl halides is 3. The van der Waals surface area contributed by atoms with E-state index in [-0.39, 0.29) is 36.6 Å². The number of rotatable bonds is 7. The first-order valence-electron chi connectivity index (χ1n) is 9.98. The van der Waals surface area contributed by atoms with Gasteiger partial charge in [-0.2, -0.15) is 13.2 Å². The number of carbonyl (C=O) groups excluding carboxylic acids is 1. The van der Waals surface area contributed by atoms with Crippen molar-refractivity contribution in [3.8, 4) is 0 Å². The third kappa shape index (κ3) is 10.7. The van der Waals surface area contributed by atoms with Gasteiger partial charge < -0.3 is 15.5 Å². The van der Waals surface area contributed by atoms with Gasteiger partial charge in [0.2, 0.25) is 5.91 Å². The molecule has 2 N–H and O–H groups in total. The Hall–Kier alpha value is -1.27. The average molecular weight is 576 g/mol. The molecule has 1 amide bonds. The fourth-order valence-corrected chi connectivity index (χ4v) is 3.35. The summed E-state index contributed by atoms with van der Waals surface area (Å²) in [6.07, 6.45) is -2.61. The van der Waals surface area contributed by atoms with E-state index in [4.69, 9.17) is 11.6 Å². The number of piperidine rings is 1. The molecule has 0 radical (unpaired) electrons. The fourth-order valence-electron chi connectivity index (χ4n) is 3.22. The van der Waals surface area contributed by atoms with Crippen molar-refractivity contribution in [1.29, 1.82) is 0 Å². The number of hydrogen-bond acceptors (Lipinski definition) is 3. The first-order valence-corrected chi connectivity index (χ1v) is 10.4. The number of nitrogens with zero attached hydrogens (tertiary/aromatic N) is 3. The minimum absolute atomic E-state index is 0. The van der Waals surface area contributed by atoms with Gasteiger partial charge in [0.15, 0.2) is 5.96 Å². The number of amides is 1. The van der Waals surface area contributed by atoms with Crippen molar-refractivity contribution in [2.45, 2.75) is 38.5 Å². The summed E-state index contributed by atoms with van der Waals surface area (Å²) in [4.78, 5) is 19.1. The van der Waals surface area contributed by atoms with Crippen LogP contribution in [0.2, 0.25) is 5.02 Å². The van der Waals surface area contributed by atoms with Crippen molar-refractivity contribution in [3.05, 3.63) is 34.9 Å². The highest BCUT2D eigenvalue weighted by molar-refractivity contribution is 14.0. The smallest absolute Gasteiger partial charge is 0.357 e. The van der Waals surface area contributed by atoms with E-state index in [9.17, 15) is 18.0 Å². The Morgan fingerprint density at radius 1 is 1.26 bits per heavy atom. The van der Waals surface area contributed by atoms with Crippen LogP contribution < -0.4 is 10.6 Å². The Morgan fingerprint density at radius 2 is 1.87 bits per heavy atom. The van der Waals surface area contributed by atoms with Crippen LogP contribution >= 0.6 is 35.6 Å². The molecule has 0 spiro atoms. The van der Waals surface area contributed by atoms with Crippen LogP contribution in [0.4, 0.5) is 13.2 Å². The number of guanidine groups is 1. The number of aliphatic imine (C=N–C) groups is 1. The van der Waals surface area contributed by atoms with E-state index in [1.807, 2.05) is 31.2 Å². The third-order valence-electron chi connectivity index (χ3n) is 4.81. The van der Waals surface area contributed by atoms with Gasteiger partial charge in [0, 0.05) is 44.3 Å². The maximum Gasteiger partial charge on any atom is 0.406 e. The molecule has 11 heteroatoms. The molecule has 176 valence electrons. The Kier molecular flexibility index (Phi) is 11.9. The number of benzene rings is 1. The minimum Gasteiger partial charge on any atom is -0.357 e. The lowest BCUT2D eigenvalue weighted by Gasteiger charge is -2.33. The van der Waals surface area contributed by atoms with Gasteiger partial charge in [-0.05, 0) is 37.5 Å². The van der Waals surface area contributed by atoms with E-state index < -0.39 is 18.6 Å². The molecule has 2 rings (SSSR count). The van der Waals surface area contributed by atoms with Crippen LogP contribution in [0.15, 0.2) is 29.3 Å². The quantitative estimate of drug-likeness (QED) is 0.297. The summed E-state index contributed by atoms with van der Waals surface area (Å²) < 4.78 is 37.3. The van der Waals surface area contributed by atoms with Gasteiger partial charge in [-0.25, -0.2) is 4.99 Å². The van der Waals surface area contributed by atoms with Crippen LogP contribution in [0.5, 0.6) is 0 Å². The number of likely N-dealkylation sites (N-methyl/N-ethyl adjacent to an activating group) is 1. The molecule has 1 fully saturated rings. The van der Waals surface area contributed by atoms with Crippen molar-refractivity contribution in [3.63, 3.8) is 0 Å². The van der Waals surface area contributed by atoms with Crippen molar-refractivity contribution < 1.29 is 18.0 Å². The molecule has 6 nitrogen and oxygen atoms in total. The molecule has 0 bridgehead atoms. The van der Waals surface area contributed by atoms with Crippen LogP contribution in [0, 0.1) is 0 Å². The zero-order valence-corrected chi connectivity index (χ0v) is 20.8. The number of halogens is 5. The Balaban J connectivity index is 0.00000480. The second-order valence-corrected chi connectivity index (χ2v) is 7.82. The summed E-state index contributed by atoms with van der Waals surface area (Å²) in [7, 11) is 1.13. The van der Waals surface area contributed by atoms with Gasteiger partial charge in [0.1, 0.15) is 13.1 Å². The Morgan fingerprint density at radius 3 is 2.42 bits per heavy atom. The largest absolute Gasteiger partial charge is 0.406 e. The highest BCUT2D eigenvalue weighted by atomic mass is 127.